The number of nitrogens with zero attached hydrogens (tertiary/aromatic N) is 2. The molecule has 0 saturated carbocycles. The van der Waals surface area contributed by atoms with E-state index in [1.54, 1.807) is 10.4 Å². The molecule has 3 aliphatic rings. The summed E-state index contributed by atoms with van der Waals surface area (Å²) in [5.74, 6) is 0.0205. The van der Waals surface area contributed by atoms with Crippen molar-refractivity contribution in [2.75, 3.05) is 18.0 Å². The van der Waals surface area contributed by atoms with Gasteiger partial charge < -0.3 is 4.90 Å². The number of sulfonamides is 1. The molecule has 5 nitrogen and oxygen atoms in total. The van der Waals surface area contributed by atoms with Crippen LogP contribution in [0.25, 0.3) is 0 Å². The van der Waals surface area contributed by atoms with Crippen molar-refractivity contribution in [1.82, 2.24) is 4.31 Å². The minimum atomic E-state index is -3.50. The maximum Gasteiger partial charge on any atom is 0.243 e. The molecule has 158 valence electrons. The third-order valence-electron chi connectivity index (χ3n) is 6.96. The maximum absolute atomic E-state index is 13.3. The van der Waals surface area contributed by atoms with E-state index in [4.69, 9.17) is 0 Å². The number of hydrogen-bond donors (Lipinski definition) is 0. The number of hydrogen-bond acceptors (Lipinski definition) is 3. The van der Waals surface area contributed by atoms with Crippen LogP contribution in [-0.4, -0.2) is 37.8 Å². The summed E-state index contributed by atoms with van der Waals surface area (Å²) in [7, 11) is -3.50. The number of benzene rings is 2. The van der Waals surface area contributed by atoms with Crippen molar-refractivity contribution in [3.05, 3.63) is 59.2 Å². The highest BCUT2D eigenvalue weighted by Crippen LogP contribution is 2.35. The van der Waals surface area contributed by atoms with Crippen LogP contribution in [0.15, 0.2) is 47.4 Å². The van der Waals surface area contributed by atoms with Gasteiger partial charge in [0.15, 0.2) is 0 Å². The fourth-order valence-corrected chi connectivity index (χ4v) is 6.82. The van der Waals surface area contributed by atoms with Gasteiger partial charge in [-0.05, 0) is 80.3 Å². The van der Waals surface area contributed by atoms with E-state index in [2.05, 4.69) is 13.0 Å². The number of para-hydroxylation sites is 1. The average Bonchev–Trinajstić information content (AvgIpc) is 3.36. The van der Waals surface area contributed by atoms with E-state index in [0.717, 1.165) is 31.4 Å². The number of anilines is 1. The second kappa shape index (κ2) is 7.50. The molecule has 1 atom stereocenters. The van der Waals surface area contributed by atoms with E-state index in [1.807, 2.05) is 35.2 Å². The summed E-state index contributed by atoms with van der Waals surface area (Å²) in [5, 5.41) is 0. The predicted molar refractivity (Wildman–Crippen MR) is 117 cm³/mol. The lowest BCUT2D eigenvalue weighted by molar-refractivity contribution is -0.123. The Kier molecular flexibility index (Phi) is 4.94. The Morgan fingerprint density at radius 3 is 2.50 bits per heavy atom. The zero-order valence-corrected chi connectivity index (χ0v) is 18.2. The molecule has 2 heterocycles. The summed E-state index contributed by atoms with van der Waals surface area (Å²) in [5.41, 5.74) is 4.68. The van der Waals surface area contributed by atoms with Gasteiger partial charge in [0, 0.05) is 30.7 Å². The van der Waals surface area contributed by atoms with Crippen LogP contribution in [0, 0.1) is 5.92 Å². The molecule has 6 heteroatoms. The molecule has 30 heavy (non-hydrogen) atoms. The zero-order chi connectivity index (χ0) is 20.9. The lowest BCUT2D eigenvalue weighted by Crippen LogP contribution is -2.46. The third kappa shape index (κ3) is 3.26. The molecule has 2 aliphatic heterocycles. The molecule has 0 radical (unpaired) electrons. The normalized spacial score (nSPS) is 22.2. The lowest BCUT2D eigenvalue weighted by atomic mass is 9.96. The van der Waals surface area contributed by atoms with Crippen LogP contribution < -0.4 is 4.90 Å². The number of carbonyl (C=O) groups excluding carboxylic acids is 1. The van der Waals surface area contributed by atoms with Crippen LogP contribution in [-0.2, 0) is 34.1 Å². The summed E-state index contributed by atoms with van der Waals surface area (Å²) in [6, 6.07) is 13.8. The molecule has 0 aromatic heterocycles. The van der Waals surface area contributed by atoms with Gasteiger partial charge in [0.1, 0.15) is 0 Å². The predicted octanol–water partition coefficient (Wildman–Crippen LogP) is 3.55. The largest absolute Gasteiger partial charge is 0.309 e. The van der Waals surface area contributed by atoms with Crippen molar-refractivity contribution >= 4 is 21.6 Å². The molecule has 1 aliphatic carbocycles. The monoisotopic (exact) mass is 424 g/mol. The molecule has 2 aromatic rings. The quantitative estimate of drug-likeness (QED) is 0.757. The fourth-order valence-electron chi connectivity index (χ4n) is 5.30. The van der Waals surface area contributed by atoms with Gasteiger partial charge in [-0.25, -0.2) is 8.42 Å². The first-order valence-corrected chi connectivity index (χ1v) is 12.4. The molecule has 0 N–H and O–H groups in total. The molecular formula is C24H28N2O3S. The van der Waals surface area contributed by atoms with Crippen molar-refractivity contribution in [2.45, 2.75) is 56.4 Å². The lowest BCUT2D eigenvalue weighted by Gasteiger charge is -2.34. The van der Waals surface area contributed by atoms with Crippen LogP contribution in [0.2, 0.25) is 0 Å². The highest BCUT2D eigenvalue weighted by Gasteiger charge is 2.38. The molecule has 1 unspecified atom stereocenters. The summed E-state index contributed by atoms with van der Waals surface area (Å²) >= 11 is 0. The van der Waals surface area contributed by atoms with Crippen LogP contribution >= 0.6 is 0 Å². The van der Waals surface area contributed by atoms with E-state index < -0.39 is 10.0 Å². The minimum Gasteiger partial charge on any atom is -0.309 e. The van der Waals surface area contributed by atoms with Gasteiger partial charge in [-0.1, -0.05) is 24.3 Å². The summed E-state index contributed by atoms with van der Waals surface area (Å²) < 4.78 is 27.9. The first-order chi connectivity index (χ1) is 14.4. The maximum atomic E-state index is 13.3. The molecule has 1 amide bonds. The number of aryl methyl sites for hydroxylation is 2. The smallest absolute Gasteiger partial charge is 0.243 e. The SMILES string of the molecule is CC1Cc2ccccc2N1C(=O)C1CCN(S(=O)(=O)c2ccc3c(c2)CCC3)CC1. The van der Waals surface area contributed by atoms with E-state index in [9.17, 15) is 13.2 Å². The Balaban J connectivity index is 1.29. The Morgan fingerprint density at radius 2 is 1.70 bits per heavy atom. The molecule has 0 spiro atoms. The van der Waals surface area contributed by atoms with Crippen LogP contribution in [0.1, 0.15) is 42.9 Å². The summed E-state index contributed by atoms with van der Waals surface area (Å²) in [6.07, 6.45) is 5.15. The first kappa shape index (κ1) is 19.8. The van der Waals surface area contributed by atoms with E-state index in [0.29, 0.717) is 30.8 Å². The van der Waals surface area contributed by atoms with Crippen molar-refractivity contribution in [1.29, 1.82) is 0 Å². The summed E-state index contributed by atoms with van der Waals surface area (Å²) in [6.45, 7) is 2.89. The van der Waals surface area contributed by atoms with Crippen molar-refractivity contribution in [3.8, 4) is 0 Å². The Bertz CT molecular complexity index is 1090. The van der Waals surface area contributed by atoms with E-state index in [-0.39, 0.29) is 17.9 Å². The van der Waals surface area contributed by atoms with Gasteiger partial charge in [0.2, 0.25) is 15.9 Å². The number of amides is 1. The Morgan fingerprint density at radius 1 is 0.967 bits per heavy atom. The second-order valence-corrected chi connectivity index (χ2v) is 10.8. The fraction of sp³-hybridized carbons (Fsp3) is 0.458. The highest BCUT2D eigenvalue weighted by atomic mass is 32.2. The van der Waals surface area contributed by atoms with Crippen molar-refractivity contribution < 1.29 is 13.2 Å². The van der Waals surface area contributed by atoms with Gasteiger partial charge in [-0.2, -0.15) is 4.31 Å². The summed E-state index contributed by atoms with van der Waals surface area (Å²) in [4.78, 5) is 15.6. The van der Waals surface area contributed by atoms with Crippen molar-refractivity contribution in [3.63, 3.8) is 0 Å². The van der Waals surface area contributed by atoms with Crippen LogP contribution in [0.5, 0.6) is 0 Å². The first-order valence-electron chi connectivity index (χ1n) is 11.0. The van der Waals surface area contributed by atoms with Gasteiger partial charge >= 0.3 is 0 Å². The molecule has 1 fully saturated rings. The van der Waals surface area contributed by atoms with E-state index in [1.165, 1.54) is 16.7 Å². The van der Waals surface area contributed by atoms with Gasteiger partial charge in [0.05, 0.1) is 4.90 Å². The molecule has 2 aromatic carbocycles. The van der Waals surface area contributed by atoms with Gasteiger partial charge in [-0.3, -0.25) is 4.79 Å². The van der Waals surface area contributed by atoms with Crippen LogP contribution in [0.3, 0.4) is 0 Å². The molecular weight excluding hydrogens is 396 g/mol. The average molecular weight is 425 g/mol. The molecule has 5 rings (SSSR count). The van der Waals surface area contributed by atoms with Crippen molar-refractivity contribution in [2.24, 2.45) is 5.92 Å². The standard InChI is InChI=1S/C24H28N2O3S/c1-17-15-21-5-2-3-8-23(21)26(17)24(27)19-11-13-25(14-12-19)30(28,29)22-10-9-18-6-4-7-20(18)16-22/h2-3,5,8-10,16-17,19H,4,6-7,11-15H2,1H3. The van der Waals surface area contributed by atoms with Gasteiger partial charge in [0.25, 0.3) is 0 Å². The molecule has 1 saturated heterocycles. The third-order valence-corrected chi connectivity index (χ3v) is 8.85. The Hall–Kier alpha value is -2.18. The van der Waals surface area contributed by atoms with Gasteiger partial charge in [-0.15, -0.1) is 0 Å². The topological polar surface area (TPSA) is 57.7 Å². The molecule has 0 bridgehead atoms. The highest BCUT2D eigenvalue weighted by molar-refractivity contribution is 7.89. The number of rotatable bonds is 3. The minimum absolute atomic E-state index is 0.120. The number of carbonyl (C=O) groups is 1. The number of piperidine rings is 1. The zero-order valence-electron chi connectivity index (χ0n) is 17.4. The Labute approximate surface area is 178 Å². The van der Waals surface area contributed by atoms with E-state index >= 15 is 0 Å². The second-order valence-electron chi connectivity index (χ2n) is 8.85. The number of fused-ring (bicyclic) bond motifs is 2. The van der Waals surface area contributed by atoms with Crippen LogP contribution in [0.4, 0.5) is 5.69 Å².